The lowest BCUT2D eigenvalue weighted by atomic mass is 9.86. The number of nitrogens with one attached hydrogen (secondary N) is 2. The molecule has 0 spiro atoms. The van der Waals surface area contributed by atoms with Crippen molar-refractivity contribution in [2.45, 2.75) is 46.2 Å². The van der Waals surface area contributed by atoms with Crippen molar-refractivity contribution in [1.82, 2.24) is 10.6 Å². The van der Waals surface area contributed by atoms with Gasteiger partial charge in [-0.2, -0.15) is 0 Å². The highest BCUT2D eigenvalue weighted by Crippen LogP contribution is 2.20. The third-order valence-corrected chi connectivity index (χ3v) is 2.58. The molecule has 0 aliphatic heterocycles. The molecule has 0 aromatic carbocycles. The van der Waals surface area contributed by atoms with Crippen LogP contribution in [-0.4, -0.2) is 35.6 Å². The molecular formula is C11H22N2O3. The highest BCUT2D eigenvalue weighted by atomic mass is 16.4. The number of likely N-dealkylation sites (N-methyl/N-ethyl adjacent to an activating group) is 1. The number of hydrogen-bond acceptors (Lipinski definition) is 3. The Morgan fingerprint density at radius 1 is 1.12 bits per heavy atom. The number of amides is 1. The van der Waals surface area contributed by atoms with Crippen LogP contribution < -0.4 is 10.6 Å². The van der Waals surface area contributed by atoms with E-state index in [0.717, 1.165) is 0 Å². The number of rotatable bonds is 4. The lowest BCUT2D eigenvalue weighted by Gasteiger charge is -2.31. The summed E-state index contributed by atoms with van der Waals surface area (Å²) in [7, 11) is 1.66. The Kier molecular flexibility index (Phi) is 4.49. The van der Waals surface area contributed by atoms with Gasteiger partial charge in [0.15, 0.2) is 0 Å². The lowest BCUT2D eigenvalue weighted by molar-refractivity contribution is -0.145. The maximum atomic E-state index is 11.8. The smallest absolute Gasteiger partial charge is 0.326 e. The average molecular weight is 230 g/mol. The summed E-state index contributed by atoms with van der Waals surface area (Å²) in [6.45, 7) is 8.73. The third-order valence-electron chi connectivity index (χ3n) is 2.58. The standard InChI is InChI=1S/C11H22N2O3/c1-10(2,3)7(8(14)15)13-9(16)11(4,5)12-6/h7,12H,1-6H3,(H,13,16)(H,14,15)/t7-/m0/s1. The summed E-state index contributed by atoms with van der Waals surface area (Å²) in [5.41, 5.74) is -1.30. The van der Waals surface area contributed by atoms with Crippen molar-refractivity contribution in [3.05, 3.63) is 0 Å². The zero-order valence-electron chi connectivity index (χ0n) is 10.8. The van der Waals surface area contributed by atoms with Crippen molar-refractivity contribution in [2.75, 3.05) is 7.05 Å². The minimum atomic E-state index is -1.02. The van der Waals surface area contributed by atoms with E-state index in [1.54, 1.807) is 41.7 Å². The minimum Gasteiger partial charge on any atom is -0.480 e. The Morgan fingerprint density at radius 2 is 1.56 bits per heavy atom. The summed E-state index contributed by atoms with van der Waals surface area (Å²) in [5, 5.41) is 14.4. The largest absolute Gasteiger partial charge is 0.480 e. The van der Waals surface area contributed by atoms with E-state index in [1.807, 2.05) is 0 Å². The van der Waals surface area contributed by atoms with Gasteiger partial charge in [-0.3, -0.25) is 4.79 Å². The van der Waals surface area contributed by atoms with E-state index in [9.17, 15) is 9.59 Å². The number of carbonyl (C=O) groups excluding carboxylic acids is 1. The van der Waals surface area contributed by atoms with Crippen LogP contribution in [0.2, 0.25) is 0 Å². The van der Waals surface area contributed by atoms with Crippen LogP contribution in [0.4, 0.5) is 0 Å². The van der Waals surface area contributed by atoms with E-state index in [-0.39, 0.29) is 5.91 Å². The van der Waals surface area contributed by atoms with Crippen molar-refractivity contribution in [3.8, 4) is 0 Å². The third kappa shape index (κ3) is 3.81. The summed E-state index contributed by atoms with van der Waals surface area (Å²) in [4.78, 5) is 22.9. The van der Waals surface area contributed by atoms with Crippen LogP contribution in [0, 0.1) is 5.41 Å². The molecule has 5 heteroatoms. The fourth-order valence-corrected chi connectivity index (χ4v) is 1.07. The Bertz CT molecular complexity index is 279. The molecule has 0 radical (unpaired) electrons. The van der Waals surface area contributed by atoms with Crippen molar-refractivity contribution < 1.29 is 14.7 Å². The van der Waals surface area contributed by atoms with E-state index in [2.05, 4.69) is 10.6 Å². The zero-order chi connectivity index (χ0) is 13.1. The summed E-state index contributed by atoms with van der Waals surface area (Å²) < 4.78 is 0. The van der Waals surface area contributed by atoms with E-state index < -0.39 is 23.0 Å². The molecule has 0 saturated carbocycles. The molecule has 0 rings (SSSR count). The average Bonchev–Trinajstić information content (AvgIpc) is 2.11. The van der Waals surface area contributed by atoms with Crippen LogP contribution >= 0.6 is 0 Å². The Hall–Kier alpha value is -1.10. The summed E-state index contributed by atoms with van der Waals surface area (Å²) in [6.07, 6.45) is 0. The number of hydrogen-bond donors (Lipinski definition) is 3. The molecule has 94 valence electrons. The molecule has 1 amide bonds. The van der Waals surface area contributed by atoms with Gasteiger partial charge < -0.3 is 15.7 Å². The molecule has 1 atom stereocenters. The molecule has 0 saturated heterocycles. The number of carboxylic acids is 1. The second-order valence-corrected chi connectivity index (χ2v) is 5.49. The van der Waals surface area contributed by atoms with Crippen molar-refractivity contribution in [2.24, 2.45) is 5.41 Å². The summed E-state index contributed by atoms with van der Waals surface area (Å²) in [6, 6.07) is -0.896. The molecule has 5 nitrogen and oxygen atoms in total. The molecule has 0 fully saturated rings. The quantitative estimate of drug-likeness (QED) is 0.661. The lowest BCUT2D eigenvalue weighted by Crippen LogP contribution is -2.58. The number of carbonyl (C=O) groups is 2. The van der Waals surface area contributed by atoms with Crippen LogP contribution in [-0.2, 0) is 9.59 Å². The van der Waals surface area contributed by atoms with Gasteiger partial charge in [0.25, 0.3) is 0 Å². The molecule has 0 aromatic rings. The van der Waals surface area contributed by atoms with Gasteiger partial charge >= 0.3 is 5.97 Å². The zero-order valence-corrected chi connectivity index (χ0v) is 10.8. The topological polar surface area (TPSA) is 78.4 Å². The molecular weight excluding hydrogens is 208 g/mol. The second-order valence-electron chi connectivity index (χ2n) is 5.49. The van der Waals surface area contributed by atoms with Crippen LogP contribution in [0.25, 0.3) is 0 Å². The van der Waals surface area contributed by atoms with E-state index >= 15 is 0 Å². The van der Waals surface area contributed by atoms with Crippen molar-refractivity contribution >= 4 is 11.9 Å². The van der Waals surface area contributed by atoms with Crippen molar-refractivity contribution in [1.29, 1.82) is 0 Å². The van der Waals surface area contributed by atoms with E-state index in [4.69, 9.17) is 5.11 Å². The Morgan fingerprint density at radius 3 is 1.81 bits per heavy atom. The predicted octanol–water partition coefficient (Wildman–Crippen LogP) is 0.600. The molecule has 0 aliphatic rings. The number of carboxylic acid groups (broad SMARTS) is 1. The molecule has 0 unspecified atom stereocenters. The van der Waals surface area contributed by atoms with Gasteiger partial charge in [0.05, 0.1) is 5.54 Å². The first kappa shape index (κ1) is 14.9. The normalized spacial score (nSPS) is 14.4. The van der Waals surface area contributed by atoms with Gasteiger partial charge in [0, 0.05) is 0 Å². The van der Waals surface area contributed by atoms with E-state index in [1.165, 1.54) is 0 Å². The highest BCUT2D eigenvalue weighted by Gasteiger charge is 2.36. The highest BCUT2D eigenvalue weighted by molar-refractivity contribution is 5.89. The van der Waals surface area contributed by atoms with Gasteiger partial charge in [0.1, 0.15) is 6.04 Å². The molecule has 0 aromatic heterocycles. The van der Waals surface area contributed by atoms with Gasteiger partial charge in [-0.1, -0.05) is 20.8 Å². The molecule has 0 aliphatic carbocycles. The molecule has 16 heavy (non-hydrogen) atoms. The number of aliphatic carboxylic acids is 1. The second kappa shape index (κ2) is 4.82. The van der Waals surface area contributed by atoms with Crippen molar-refractivity contribution in [3.63, 3.8) is 0 Å². The fraction of sp³-hybridized carbons (Fsp3) is 0.818. The van der Waals surface area contributed by atoms with Gasteiger partial charge in [-0.05, 0) is 26.3 Å². The van der Waals surface area contributed by atoms with Crippen LogP contribution in [0.1, 0.15) is 34.6 Å². The van der Waals surface area contributed by atoms with Gasteiger partial charge in [0.2, 0.25) is 5.91 Å². The first-order valence-electron chi connectivity index (χ1n) is 5.25. The summed E-state index contributed by atoms with van der Waals surface area (Å²) >= 11 is 0. The summed E-state index contributed by atoms with van der Waals surface area (Å²) in [5.74, 6) is -1.34. The Balaban J connectivity index is 4.81. The molecule has 0 bridgehead atoms. The SMILES string of the molecule is CNC(C)(C)C(=O)N[C@@H](C(=O)O)C(C)(C)C. The van der Waals surface area contributed by atoms with Crippen LogP contribution in [0.15, 0.2) is 0 Å². The van der Waals surface area contributed by atoms with Crippen LogP contribution in [0.3, 0.4) is 0 Å². The monoisotopic (exact) mass is 230 g/mol. The first-order chi connectivity index (χ1) is 7.02. The van der Waals surface area contributed by atoms with Crippen LogP contribution in [0.5, 0.6) is 0 Å². The fourth-order valence-electron chi connectivity index (χ4n) is 1.07. The molecule has 3 N–H and O–H groups in total. The maximum absolute atomic E-state index is 11.8. The van der Waals surface area contributed by atoms with Gasteiger partial charge in [-0.25, -0.2) is 4.79 Å². The van der Waals surface area contributed by atoms with Gasteiger partial charge in [-0.15, -0.1) is 0 Å². The maximum Gasteiger partial charge on any atom is 0.326 e. The molecule has 0 heterocycles. The Labute approximate surface area is 96.6 Å². The van der Waals surface area contributed by atoms with E-state index in [0.29, 0.717) is 0 Å². The predicted molar refractivity (Wildman–Crippen MR) is 62.2 cm³/mol. The minimum absolute atomic E-state index is 0.322. The first-order valence-corrected chi connectivity index (χ1v) is 5.25.